The Morgan fingerprint density at radius 1 is 1.44 bits per heavy atom. The highest BCUT2D eigenvalue weighted by molar-refractivity contribution is 6.20. The average molecular weight is 248 g/mol. The summed E-state index contributed by atoms with van der Waals surface area (Å²) < 4.78 is 0. The van der Waals surface area contributed by atoms with E-state index >= 15 is 0 Å². The molecule has 18 heavy (non-hydrogen) atoms. The molecule has 1 N–H and O–H groups in total. The van der Waals surface area contributed by atoms with E-state index in [1.165, 1.54) is 15.9 Å². The maximum Gasteiger partial charge on any atom is 0.330 e. The first-order valence-corrected chi connectivity index (χ1v) is 5.29. The number of nitrogens with zero attached hydrogens (tertiary/aromatic N) is 3. The summed E-state index contributed by atoms with van der Waals surface area (Å²) >= 11 is 0. The number of hydrogen-bond acceptors (Lipinski definition) is 4. The molecule has 7 nitrogen and oxygen atoms in total. The van der Waals surface area contributed by atoms with Gasteiger partial charge in [-0.3, -0.25) is 15.5 Å². The number of carbonyl (C=O) groups is 1. The quantitative estimate of drug-likeness (QED) is 0.638. The summed E-state index contributed by atoms with van der Waals surface area (Å²) in [4.78, 5) is 24.7. The van der Waals surface area contributed by atoms with Crippen molar-refractivity contribution in [2.45, 2.75) is 6.92 Å². The smallest absolute Gasteiger partial charge is 0.320 e. The predicted molar refractivity (Wildman–Crippen MR) is 66.1 cm³/mol. The van der Waals surface area contributed by atoms with Gasteiger partial charge in [-0.05, 0) is 13.0 Å². The van der Waals surface area contributed by atoms with Gasteiger partial charge in [0.1, 0.15) is 5.84 Å². The van der Waals surface area contributed by atoms with E-state index in [0.717, 1.165) is 0 Å². The molecule has 7 heteroatoms. The number of nitrogens with one attached hydrogen (secondary N) is 1. The lowest BCUT2D eigenvalue weighted by molar-refractivity contribution is -0.385. The Morgan fingerprint density at radius 3 is 2.61 bits per heavy atom. The van der Waals surface area contributed by atoms with E-state index in [2.05, 4.69) is 0 Å². The zero-order chi connectivity index (χ0) is 13.4. The number of rotatable bonds is 2. The SMILES string of the molecule is Cc1ccc(N2C(=N)CN(C)C2=O)cc1[N+](=O)[O-]. The highest BCUT2D eigenvalue weighted by atomic mass is 16.6. The van der Waals surface area contributed by atoms with Crippen LogP contribution in [0.15, 0.2) is 18.2 Å². The molecular formula is C11H12N4O3. The molecule has 0 atom stereocenters. The van der Waals surface area contributed by atoms with Gasteiger partial charge in [-0.2, -0.15) is 0 Å². The molecule has 1 saturated heterocycles. The van der Waals surface area contributed by atoms with Crippen molar-refractivity contribution in [1.29, 1.82) is 5.41 Å². The van der Waals surface area contributed by atoms with E-state index in [1.54, 1.807) is 26.1 Å². The fourth-order valence-electron chi connectivity index (χ4n) is 1.85. The molecule has 0 aliphatic carbocycles. The van der Waals surface area contributed by atoms with Gasteiger partial charge in [-0.1, -0.05) is 6.07 Å². The molecule has 1 aliphatic heterocycles. The summed E-state index contributed by atoms with van der Waals surface area (Å²) in [5.41, 5.74) is 0.824. The first kappa shape index (κ1) is 12.0. The molecule has 2 amide bonds. The predicted octanol–water partition coefficient (Wildman–Crippen LogP) is 1.75. The second kappa shape index (κ2) is 4.10. The van der Waals surface area contributed by atoms with Gasteiger partial charge in [0, 0.05) is 18.7 Å². The van der Waals surface area contributed by atoms with Crippen LogP contribution in [0.5, 0.6) is 0 Å². The van der Waals surface area contributed by atoms with Crippen LogP contribution < -0.4 is 4.90 Å². The first-order valence-electron chi connectivity index (χ1n) is 5.29. The molecule has 0 radical (unpaired) electrons. The fraction of sp³-hybridized carbons (Fsp3) is 0.273. The Morgan fingerprint density at radius 2 is 2.11 bits per heavy atom. The number of hydrogen-bond donors (Lipinski definition) is 1. The lowest BCUT2D eigenvalue weighted by Crippen LogP contribution is -2.31. The minimum atomic E-state index is -0.493. The summed E-state index contributed by atoms with van der Waals surface area (Å²) in [6, 6.07) is 4.15. The second-order valence-electron chi connectivity index (χ2n) is 4.15. The number of carbonyl (C=O) groups excluding carboxylic acids is 1. The molecule has 0 aromatic heterocycles. The minimum Gasteiger partial charge on any atom is -0.320 e. The molecule has 0 bridgehead atoms. The van der Waals surface area contributed by atoms with Crippen LogP contribution in [0.4, 0.5) is 16.2 Å². The molecule has 2 rings (SSSR count). The van der Waals surface area contributed by atoms with Gasteiger partial charge < -0.3 is 4.90 Å². The number of likely N-dealkylation sites (N-methyl/N-ethyl adjacent to an activating group) is 1. The van der Waals surface area contributed by atoms with E-state index < -0.39 is 4.92 Å². The Labute approximate surface area is 103 Å². The van der Waals surface area contributed by atoms with Crippen molar-refractivity contribution in [1.82, 2.24) is 4.90 Å². The number of amidine groups is 1. The van der Waals surface area contributed by atoms with Crippen molar-refractivity contribution in [3.05, 3.63) is 33.9 Å². The van der Waals surface area contributed by atoms with Crippen LogP contribution in [-0.2, 0) is 0 Å². The zero-order valence-corrected chi connectivity index (χ0v) is 10.0. The van der Waals surface area contributed by atoms with Gasteiger partial charge >= 0.3 is 6.03 Å². The molecule has 0 saturated carbocycles. The molecule has 0 unspecified atom stereocenters. The van der Waals surface area contributed by atoms with E-state index in [1.807, 2.05) is 0 Å². The normalized spacial score (nSPS) is 15.4. The topological polar surface area (TPSA) is 90.5 Å². The number of amides is 2. The minimum absolute atomic E-state index is 0.0531. The number of aryl methyl sites for hydroxylation is 1. The summed E-state index contributed by atoms with van der Waals surface area (Å²) in [5, 5.41) is 18.6. The van der Waals surface area contributed by atoms with Crippen LogP contribution in [0.1, 0.15) is 5.56 Å². The van der Waals surface area contributed by atoms with E-state index in [4.69, 9.17) is 5.41 Å². The number of nitro benzene ring substituents is 1. The fourth-order valence-corrected chi connectivity index (χ4v) is 1.85. The van der Waals surface area contributed by atoms with Crippen LogP contribution in [0.25, 0.3) is 0 Å². The van der Waals surface area contributed by atoms with Crippen molar-refractivity contribution in [2.75, 3.05) is 18.5 Å². The third-order valence-electron chi connectivity index (χ3n) is 2.82. The third-order valence-corrected chi connectivity index (χ3v) is 2.82. The molecule has 94 valence electrons. The van der Waals surface area contributed by atoms with Crippen LogP contribution >= 0.6 is 0 Å². The highest BCUT2D eigenvalue weighted by Crippen LogP contribution is 2.27. The number of urea groups is 1. The Hall–Kier alpha value is -2.44. The zero-order valence-electron chi connectivity index (χ0n) is 10.0. The molecule has 1 aliphatic rings. The largest absolute Gasteiger partial charge is 0.330 e. The standard InChI is InChI=1S/C11H12N4O3/c1-7-3-4-8(5-9(7)15(17)18)14-10(12)6-13(2)11(14)16/h3-5,12H,6H2,1-2H3. The Balaban J connectivity index is 2.46. The summed E-state index contributed by atoms with van der Waals surface area (Å²) in [5.74, 6) is 0.112. The number of anilines is 1. The Kier molecular flexibility index (Phi) is 2.74. The third kappa shape index (κ3) is 1.79. The number of nitro groups is 1. The van der Waals surface area contributed by atoms with Crippen molar-refractivity contribution < 1.29 is 9.72 Å². The van der Waals surface area contributed by atoms with Gasteiger partial charge in [0.15, 0.2) is 0 Å². The molecule has 0 spiro atoms. The van der Waals surface area contributed by atoms with Crippen molar-refractivity contribution in [3.8, 4) is 0 Å². The maximum absolute atomic E-state index is 11.8. The molecule has 1 aromatic carbocycles. The molecule has 1 heterocycles. The highest BCUT2D eigenvalue weighted by Gasteiger charge is 2.32. The monoisotopic (exact) mass is 248 g/mol. The maximum atomic E-state index is 11.8. The van der Waals surface area contributed by atoms with Gasteiger partial charge in [0.05, 0.1) is 17.2 Å². The number of benzene rings is 1. The van der Waals surface area contributed by atoms with Crippen molar-refractivity contribution >= 4 is 23.2 Å². The van der Waals surface area contributed by atoms with Crippen LogP contribution in [0.3, 0.4) is 0 Å². The van der Waals surface area contributed by atoms with Gasteiger partial charge in [-0.25, -0.2) is 9.69 Å². The summed E-state index contributed by atoms with van der Waals surface area (Å²) in [6.45, 7) is 1.84. The van der Waals surface area contributed by atoms with Gasteiger partial charge in [0.25, 0.3) is 5.69 Å². The van der Waals surface area contributed by atoms with E-state index in [0.29, 0.717) is 11.3 Å². The lowest BCUT2D eigenvalue weighted by Gasteiger charge is -2.15. The molecule has 1 aromatic rings. The lowest BCUT2D eigenvalue weighted by atomic mass is 10.1. The first-order chi connectivity index (χ1) is 8.41. The van der Waals surface area contributed by atoms with E-state index in [9.17, 15) is 14.9 Å². The van der Waals surface area contributed by atoms with Crippen LogP contribution in [0.2, 0.25) is 0 Å². The van der Waals surface area contributed by atoms with Gasteiger partial charge in [-0.15, -0.1) is 0 Å². The van der Waals surface area contributed by atoms with Crippen molar-refractivity contribution in [2.24, 2.45) is 0 Å². The molecule has 1 fully saturated rings. The van der Waals surface area contributed by atoms with Gasteiger partial charge in [0.2, 0.25) is 0 Å². The van der Waals surface area contributed by atoms with Crippen LogP contribution in [-0.4, -0.2) is 35.3 Å². The van der Waals surface area contributed by atoms with E-state index in [-0.39, 0.29) is 24.1 Å². The Bertz CT molecular complexity index is 555. The van der Waals surface area contributed by atoms with Crippen molar-refractivity contribution in [3.63, 3.8) is 0 Å². The second-order valence-corrected chi connectivity index (χ2v) is 4.15. The summed E-state index contributed by atoms with van der Waals surface area (Å²) in [7, 11) is 1.58. The van der Waals surface area contributed by atoms with Crippen LogP contribution in [0, 0.1) is 22.4 Å². The summed E-state index contributed by atoms with van der Waals surface area (Å²) in [6.07, 6.45) is 0. The average Bonchev–Trinajstić information content (AvgIpc) is 2.54. The molecular weight excluding hydrogens is 236 g/mol.